The van der Waals surface area contributed by atoms with Crippen molar-refractivity contribution in [3.05, 3.63) is 58.9 Å². The number of hydrogen-bond donors (Lipinski definition) is 0. The summed E-state index contributed by atoms with van der Waals surface area (Å²) < 4.78 is 2.09. The summed E-state index contributed by atoms with van der Waals surface area (Å²) in [5.74, 6) is 0.0221. The normalized spacial score (nSPS) is 15.3. The van der Waals surface area contributed by atoms with Crippen molar-refractivity contribution < 1.29 is 4.79 Å². The minimum Gasteiger partial charge on any atom is -0.340 e. The van der Waals surface area contributed by atoms with Crippen LogP contribution in [0.3, 0.4) is 0 Å². The molecular formula is C21H26N4OS. The smallest absolute Gasteiger partial charge is 0.274 e. The Balaban J connectivity index is 1.51. The average Bonchev–Trinajstić information content (AvgIpc) is 3.30. The lowest BCUT2D eigenvalue weighted by atomic mass is 10.1. The topological polar surface area (TPSA) is 40.9 Å². The fraction of sp³-hybridized carbons (Fsp3) is 0.429. The van der Waals surface area contributed by atoms with Crippen molar-refractivity contribution in [3.63, 3.8) is 0 Å². The van der Waals surface area contributed by atoms with Crippen LogP contribution in [0.2, 0.25) is 0 Å². The van der Waals surface area contributed by atoms with Crippen molar-refractivity contribution in [1.82, 2.24) is 19.2 Å². The number of carbonyl (C=O) groups excluding carboxylic acids is 1. The van der Waals surface area contributed by atoms with Gasteiger partial charge in [-0.15, -0.1) is 11.3 Å². The third-order valence-electron chi connectivity index (χ3n) is 5.31. The van der Waals surface area contributed by atoms with Crippen LogP contribution in [0.25, 0.3) is 4.96 Å². The molecule has 4 rings (SSSR count). The highest BCUT2D eigenvalue weighted by molar-refractivity contribution is 7.15. The number of amides is 1. The van der Waals surface area contributed by atoms with E-state index in [4.69, 9.17) is 0 Å². The Morgan fingerprint density at radius 3 is 2.74 bits per heavy atom. The summed E-state index contributed by atoms with van der Waals surface area (Å²) in [6, 6.07) is 10.3. The minimum atomic E-state index is 0.0221. The molecule has 0 saturated carbocycles. The Hall–Kier alpha value is -2.18. The number of rotatable bonds is 6. The first kappa shape index (κ1) is 18.2. The van der Waals surface area contributed by atoms with Crippen LogP contribution in [-0.2, 0) is 13.0 Å². The summed E-state index contributed by atoms with van der Waals surface area (Å²) in [6.45, 7) is 3.70. The predicted octanol–water partition coefficient (Wildman–Crippen LogP) is 3.70. The molecule has 1 aliphatic heterocycles. The van der Waals surface area contributed by atoms with E-state index in [2.05, 4.69) is 26.4 Å². The number of likely N-dealkylation sites (tertiary alicyclic amines) is 1. The number of benzene rings is 1. The van der Waals surface area contributed by atoms with Gasteiger partial charge in [-0.25, -0.2) is 4.98 Å². The van der Waals surface area contributed by atoms with Gasteiger partial charge < -0.3 is 4.90 Å². The molecule has 0 bridgehead atoms. The van der Waals surface area contributed by atoms with Gasteiger partial charge in [0.2, 0.25) is 0 Å². The third kappa shape index (κ3) is 4.06. The molecule has 1 amide bonds. The molecule has 1 aromatic carbocycles. The number of piperidine rings is 1. The van der Waals surface area contributed by atoms with Gasteiger partial charge in [-0.3, -0.25) is 14.1 Å². The van der Waals surface area contributed by atoms with E-state index in [0.717, 1.165) is 36.7 Å². The van der Waals surface area contributed by atoms with Crippen molar-refractivity contribution in [3.8, 4) is 0 Å². The standard InChI is InChI=1S/C21H26N4OS/c1-23(13-10-17-8-4-2-5-9-17)20(26)19-18(16-24-11-6-3-7-12-24)25-14-15-27-21(25)22-19/h2,4-5,8-9,14-15H,3,6-7,10-13,16H2,1H3. The zero-order valence-electron chi connectivity index (χ0n) is 15.8. The van der Waals surface area contributed by atoms with Crippen molar-refractivity contribution in [2.75, 3.05) is 26.7 Å². The summed E-state index contributed by atoms with van der Waals surface area (Å²) in [6.07, 6.45) is 6.68. The number of thiazole rings is 1. The van der Waals surface area contributed by atoms with E-state index in [-0.39, 0.29) is 5.91 Å². The molecule has 0 unspecified atom stereocenters. The van der Waals surface area contributed by atoms with Crippen molar-refractivity contribution in [1.29, 1.82) is 0 Å². The van der Waals surface area contributed by atoms with Crippen LogP contribution >= 0.6 is 11.3 Å². The van der Waals surface area contributed by atoms with Crippen LogP contribution in [0.4, 0.5) is 0 Å². The quantitative estimate of drug-likeness (QED) is 0.653. The molecule has 0 atom stereocenters. The summed E-state index contributed by atoms with van der Waals surface area (Å²) in [5, 5.41) is 2.04. The molecule has 27 heavy (non-hydrogen) atoms. The molecule has 3 heterocycles. The molecule has 142 valence electrons. The molecule has 0 spiro atoms. The molecule has 1 fully saturated rings. The summed E-state index contributed by atoms with van der Waals surface area (Å²) in [4.78, 5) is 23.0. The van der Waals surface area contributed by atoms with Gasteiger partial charge in [0.25, 0.3) is 5.91 Å². The Morgan fingerprint density at radius 1 is 1.19 bits per heavy atom. The van der Waals surface area contributed by atoms with Gasteiger partial charge in [0.05, 0.1) is 5.69 Å². The Bertz CT molecular complexity index is 895. The van der Waals surface area contributed by atoms with E-state index in [1.54, 1.807) is 16.2 Å². The number of fused-ring (bicyclic) bond motifs is 1. The van der Waals surface area contributed by atoms with E-state index in [0.29, 0.717) is 12.2 Å². The number of likely N-dealkylation sites (N-methyl/N-ethyl adjacent to an activating group) is 1. The fourth-order valence-corrected chi connectivity index (χ4v) is 4.44. The molecule has 1 saturated heterocycles. The molecule has 0 radical (unpaired) electrons. The van der Waals surface area contributed by atoms with Crippen molar-refractivity contribution in [2.24, 2.45) is 0 Å². The van der Waals surface area contributed by atoms with E-state index < -0.39 is 0 Å². The van der Waals surface area contributed by atoms with Crippen LogP contribution in [-0.4, -0.2) is 51.8 Å². The molecule has 1 aliphatic rings. The third-order valence-corrected chi connectivity index (χ3v) is 6.07. The number of hydrogen-bond acceptors (Lipinski definition) is 4. The zero-order chi connectivity index (χ0) is 18.6. The zero-order valence-corrected chi connectivity index (χ0v) is 16.6. The van der Waals surface area contributed by atoms with Gasteiger partial charge in [-0.1, -0.05) is 36.8 Å². The van der Waals surface area contributed by atoms with Crippen LogP contribution < -0.4 is 0 Å². The summed E-state index contributed by atoms with van der Waals surface area (Å²) >= 11 is 1.59. The van der Waals surface area contributed by atoms with Gasteiger partial charge in [0.1, 0.15) is 0 Å². The second-order valence-corrected chi connectivity index (χ2v) is 8.13. The Labute approximate surface area is 164 Å². The maximum Gasteiger partial charge on any atom is 0.274 e. The van der Waals surface area contributed by atoms with Gasteiger partial charge in [0.15, 0.2) is 10.7 Å². The Kier molecular flexibility index (Phi) is 5.55. The summed E-state index contributed by atoms with van der Waals surface area (Å²) in [5.41, 5.74) is 2.89. The number of aromatic nitrogens is 2. The number of carbonyl (C=O) groups is 1. The molecule has 3 aromatic rings. The number of imidazole rings is 1. The molecule has 0 aliphatic carbocycles. The second-order valence-electron chi connectivity index (χ2n) is 7.26. The molecule has 5 nitrogen and oxygen atoms in total. The largest absolute Gasteiger partial charge is 0.340 e. The van der Waals surface area contributed by atoms with Crippen LogP contribution in [0.5, 0.6) is 0 Å². The van der Waals surface area contributed by atoms with Gasteiger partial charge in [-0.05, 0) is 37.9 Å². The highest BCUT2D eigenvalue weighted by Gasteiger charge is 2.24. The first-order chi connectivity index (χ1) is 13.2. The molecule has 2 aromatic heterocycles. The fourth-order valence-electron chi connectivity index (χ4n) is 3.71. The second kappa shape index (κ2) is 8.23. The van der Waals surface area contributed by atoms with Gasteiger partial charge in [-0.2, -0.15) is 0 Å². The number of nitrogens with zero attached hydrogens (tertiary/aromatic N) is 4. The Morgan fingerprint density at radius 2 is 1.96 bits per heavy atom. The van der Waals surface area contributed by atoms with Gasteiger partial charge >= 0.3 is 0 Å². The lowest BCUT2D eigenvalue weighted by molar-refractivity contribution is 0.0788. The van der Waals surface area contributed by atoms with E-state index in [1.165, 1.54) is 24.8 Å². The van der Waals surface area contributed by atoms with E-state index in [1.807, 2.05) is 36.8 Å². The van der Waals surface area contributed by atoms with Crippen LogP contribution in [0.1, 0.15) is 41.0 Å². The predicted molar refractivity (Wildman–Crippen MR) is 109 cm³/mol. The molecular weight excluding hydrogens is 356 g/mol. The summed E-state index contributed by atoms with van der Waals surface area (Å²) in [7, 11) is 1.88. The van der Waals surface area contributed by atoms with E-state index in [9.17, 15) is 4.79 Å². The van der Waals surface area contributed by atoms with Crippen molar-refractivity contribution >= 4 is 22.2 Å². The maximum absolute atomic E-state index is 13.1. The first-order valence-corrected chi connectivity index (χ1v) is 10.6. The van der Waals surface area contributed by atoms with Gasteiger partial charge in [0, 0.05) is 31.7 Å². The lowest BCUT2D eigenvalue weighted by Crippen LogP contribution is -2.33. The van der Waals surface area contributed by atoms with Crippen LogP contribution in [0.15, 0.2) is 41.9 Å². The highest BCUT2D eigenvalue weighted by Crippen LogP contribution is 2.22. The SMILES string of the molecule is CN(CCc1ccccc1)C(=O)c1nc2sccn2c1CN1CCCCC1. The molecule has 6 heteroatoms. The average molecular weight is 383 g/mol. The van der Waals surface area contributed by atoms with E-state index >= 15 is 0 Å². The van der Waals surface area contributed by atoms with Crippen molar-refractivity contribution in [2.45, 2.75) is 32.2 Å². The minimum absolute atomic E-state index is 0.0221. The first-order valence-electron chi connectivity index (χ1n) is 9.68. The monoisotopic (exact) mass is 382 g/mol. The maximum atomic E-state index is 13.1. The lowest BCUT2D eigenvalue weighted by Gasteiger charge is -2.26. The van der Waals surface area contributed by atoms with Crippen LogP contribution in [0, 0.1) is 0 Å². The highest BCUT2D eigenvalue weighted by atomic mass is 32.1. The molecule has 0 N–H and O–H groups in total.